The van der Waals surface area contributed by atoms with E-state index in [0.717, 1.165) is 13.1 Å². The number of hydrogen-bond acceptors (Lipinski definition) is 2. The highest BCUT2D eigenvalue weighted by Crippen LogP contribution is 2.18. The number of benzene rings is 2. The Morgan fingerprint density at radius 2 is 1.47 bits per heavy atom. The minimum Gasteiger partial charge on any atom is -0.367 e. The van der Waals surface area contributed by atoms with Gasteiger partial charge in [0.1, 0.15) is 0 Å². The molecule has 0 aliphatic rings. The molecule has 2 heteroatoms. The molecule has 0 aromatic heterocycles. The first-order valence-corrected chi connectivity index (χ1v) is 6.82. The van der Waals surface area contributed by atoms with Crippen molar-refractivity contribution in [3.8, 4) is 0 Å². The van der Waals surface area contributed by atoms with Gasteiger partial charge in [-0.2, -0.15) is 0 Å². The molecule has 0 atom stereocenters. The first-order chi connectivity index (χ1) is 9.22. The second kappa shape index (κ2) is 6.39. The summed E-state index contributed by atoms with van der Waals surface area (Å²) in [6.45, 7) is 6.84. The number of hydrogen-bond donors (Lipinski definition) is 1. The number of rotatable bonds is 5. The maximum Gasteiger partial charge on any atom is 0.0429 e. The molecule has 0 heterocycles. The Labute approximate surface area is 115 Å². The van der Waals surface area contributed by atoms with Crippen molar-refractivity contribution in [1.29, 1.82) is 0 Å². The molecule has 2 rings (SSSR count). The van der Waals surface area contributed by atoms with Crippen LogP contribution >= 0.6 is 0 Å². The van der Waals surface area contributed by atoms with Gasteiger partial charge >= 0.3 is 0 Å². The fraction of sp³-hybridized carbons (Fsp3) is 0.294. The van der Waals surface area contributed by atoms with Gasteiger partial charge in [-0.3, -0.25) is 0 Å². The molecule has 2 nitrogen and oxygen atoms in total. The molecule has 100 valence electrons. The molecule has 2 N–H and O–H groups in total. The van der Waals surface area contributed by atoms with Crippen LogP contribution in [0.3, 0.4) is 0 Å². The Kier molecular flexibility index (Phi) is 4.58. The zero-order chi connectivity index (χ0) is 13.7. The van der Waals surface area contributed by atoms with Crippen molar-refractivity contribution in [2.75, 3.05) is 11.4 Å². The summed E-state index contributed by atoms with van der Waals surface area (Å²) in [6.07, 6.45) is 0. The summed E-state index contributed by atoms with van der Waals surface area (Å²) in [5.41, 5.74) is 10.7. The SMILES string of the molecule is CCN(Cc1ccc(C)cc1)c1ccc(CN)cc1. The van der Waals surface area contributed by atoms with Gasteiger partial charge in [0.25, 0.3) is 0 Å². The van der Waals surface area contributed by atoms with Crippen molar-refractivity contribution in [3.05, 3.63) is 65.2 Å². The summed E-state index contributed by atoms with van der Waals surface area (Å²) >= 11 is 0. The lowest BCUT2D eigenvalue weighted by Crippen LogP contribution is -2.21. The lowest BCUT2D eigenvalue weighted by atomic mass is 10.1. The summed E-state index contributed by atoms with van der Waals surface area (Å²) in [4.78, 5) is 2.37. The third kappa shape index (κ3) is 3.58. The molecule has 2 aromatic carbocycles. The Hall–Kier alpha value is -1.80. The van der Waals surface area contributed by atoms with E-state index >= 15 is 0 Å². The fourth-order valence-corrected chi connectivity index (χ4v) is 2.14. The van der Waals surface area contributed by atoms with Crippen LogP contribution in [-0.4, -0.2) is 6.54 Å². The topological polar surface area (TPSA) is 29.3 Å². The molecule has 0 saturated carbocycles. The van der Waals surface area contributed by atoms with Crippen LogP contribution in [0.5, 0.6) is 0 Å². The highest BCUT2D eigenvalue weighted by Gasteiger charge is 2.05. The van der Waals surface area contributed by atoms with E-state index in [1.807, 2.05) is 0 Å². The number of nitrogens with zero attached hydrogens (tertiary/aromatic N) is 1. The monoisotopic (exact) mass is 254 g/mol. The first-order valence-electron chi connectivity index (χ1n) is 6.82. The van der Waals surface area contributed by atoms with Crippen LogP contribution in [0.2, 0.25) is 0 Å². The highest BCUT2D eigenvalue weighted by atomic mass is 15.1. The van der Waals surface area contributed by atoms with Gasteiger partial charge < -0.3 is 10.6 Å². The summed E-state index contributed by atoms with van der Waals surface area (Å²) in [7, 11) is 0. The van der Waals surface area contributed by atoms with E-state index in [-0.39, 0.29) is 0 Å². The molecule has 19 heavy (non-hydrogen) atoms. The smallest absolute Gasteiger partial charge is 0.0429 e. The predicted molar refractivity (Wildman–Crippen MR) is 82.2 cm³/mol. The van der Waals surface area contributed by atoms with E-state index in [1.54, 1.807) is 0 Å². The maximum absolute atomic E-state index is 5.63. The normalized spacial score (nSPS) is 10.5. The van der Waals surface area contributed by atoms with Crippen LogP contribution in [0.15, 0.2) is 48.5 Å². The van der Waals surface area contributed by atoms with Crippen molar-refractivity contribution in [2.45, 2.75) is 26.9 Å². The van der Waals surface area contributed by atoms with Gasteiger partial charge in [-0.25, -0.2) is 0 Å². The van der Waals surface area contributed by atoms with Crippen LogP contribution in [0.1, 0.15) is 23.6 Å². The third-order valence-corrected chi connectivity index (χ3v) is 3.41. The molecule has 0 unspecified atom stereocenters. The first kappa shape index (κ1) is 13.6. The summed E-state index contributed by atoms with van der Waals surface area (Å²) in [6, 6.07) is 17.2. The zero-order valence-corrected chi connectivity index (χ0v) is 11.8. The van der Waals surface area contributed by atoms with Gasteiger partial charge in [-0.1, -0.05) is 42.0 Å². The Morgan fingerprint density at radius 3 is 2.00 bits per heavy atom. The van der Waals surface area contributed by atoms with Crippen LogP contribution in [0.4, 0.5) is 5.69 Å². The molecule has 0 radical (unpaired) electrons. The zero-order valence-electron chi connectivity index (χ0n) is 11.8. The maximum atomic E-state index is 5.63. The van der Waals surface area contributed by atoms with Crippen molar-refractivity contribution >= 4 is 5.69 Å². The van der Waals surface area contributed by atoms with Gasteiger partial charge in [0.15, 0.2) is 0 Å². The van der Waals surface area contributed by atoms with Crippen molar-refractivity contribution in [2.24, 2.45) is 5.73 Å². The Bertz CT molecular complexity index is 500. The second-order valence-electron chi connectivity index (χ2n) is 4.87. The standard InChI is InChI=1S/C17H22N2/c1-3-19(13-16-6-4-14(2)5-7-16)17-10-8-15(12-18)9-11-17/h4-11H,3,12-13,18H2,1-2H3. The molecule has 0 aliphatic heterocycles. The molecule has 0 spiro atoms. The van der Waals surface area contributed by atoms with Gasteiger partial charge in [0.05, 0.1) is 0 Å². The fourth-order valence-electron chi connectivity index (χ4n) is 2.14. The van der Waals surface area contributed by atoms with E-state index in [9.17, 15) is 0 Å². The lowest BCUT2D eigenvalue weighted by Gasteiger charge is -2.23. The molecule has 0 amide bonds. The van der Waals surface area contributed by atoms with E-state index in [2.05, 4.69) is 67.3 Å². The van der Waals surface area contributed by atoms with Gasteiger partial charge in [0.2, 0.25) is 0 Å². The van der Waals surface area contributed by atoms with Crippen LogP contribution in [0.25, 0.3) is 0 Å². The molecule has 0 bridgehead atoms. The van der Waals surface area contributed by atoms with Gasteiger partial charge in [0, 0.05) is 25.3 Å². The average Bonchev–Trinajstić information content (AvgIpc) is 2.47. The number of anilines is 1. The molecule has 0 saturated heterocycles. The highest BCUT2D eigenvalue weighted by molar-refractivity contribution is 5.48. The van der Waals surface area contributed by atoms with Crippen LogP contribution < -0.4 is 10.6 Å². The van der Waals surface area contributed by atoms with Crippen LogP contribution in [0, 0.1) is 6.92 Å². The molecular weight excluding hydrogens is 232 g/mol. The Morgan fingerprint density at radius 1 is 0.895 bits per heavy atom. The van der Waals surface area contributed by atoms with E-state index in [0.29, 0.717) is 6.54 Å². The van der Waals surface area contributed by atoms with Crippen molar-refractivity contribution in [1.82, 2.24) is 0 Å². The summed E-state index contributed by atoms with van der Waals surface area (Å²) < 4.78 is 0. The van der Waals surface area contributed by atoms with Crippen molar-refractivity contribution in [3.63, 3.8) is 0 Å². The molecular formula is C17H22N2. The van der Waals surface area contributed by atoms with E-state index in [4.69, 9.17) is 5.73 Å². The largest absolute Gasteiger partial charge is 0.367 e. The molecule has 0 fully saturated rings. The number of aryl methyl sites for hydroxylation is 1. The van der Waals surface area contributed by atoms with Crippen molar-refractivity contribution < 1.29 is 0 Å². The van der Waals surface area contributed by atoms with Gasteiger partial charge in [-0.05, 0) is 37.1 Å². The summed E-state index contributed by atoms with van der Waals surface area (Å²) in [5.74, 6) is 0. The molecule has 2 aromatic rings. The Balaban J connectivity index is 2.12. The minimum absolute atomic E-state index is 0.602. The lowest BCUT2D eigenvalue weighted by molar-refractivity contribution is 0.831. The quantitative estimate of drug-likeness (QED) is 0.885. The third-order valence-electron chi connectivity index (χ3n) is 3.41. The summed E-state index contributed by atoms with van der Waals surface area (Å²) in [5, 5.41) is 0. The number of nitrogens with two attached hydrogens (primary N) is 1. The van der Waals surface area contributed by atoms with Gasteiger partial charge in [-0.15, -0.1) is 0 Å². The van der Waals surface area contributed by atoms with E-state index < -0.39 is 0 Å². The predicted octanol–water partition coefficient (Wildman–Crippen LogP) is 3.48. The molecule has 0 aliphatic carbocycles. The average molecular weight is 254 g/mol. The second-order valence-corrected chi connectivity index (χ2v) is 4.87. The van der Waals surface area contributed by atoms with E-state index in [1.165, 1.54) is 22.4 Å². The van der Waals surface area contributed by atoms with Crippen LogP contribution in [-0.2, 0) is 13.1 Å². The minimum atomic E-state index is 0.602.